The number of carbonyl (C=O) groups is 2. The summed E-state index contributed by atoms with van der Waals surface area (Å²) >= 11 is 11.9. The Hall–Kier alpha value is -1.46. The molecule has 0 aliphatic carbocycles. The number of esters is 1. The molecule has 5 nitrogen and oxygen atoms in total. The molecule has 0 saturated heterocycles. The van der Waals surface area contributed by atoms with E-state index in [1.54, 1.807) is 18.2 Å². The lowest BCUT2D eigenvalue weighted by Gasteiger charge is -2.19. The first kappa shape index (κ1) is 18.6. The summed E-state index contributed by atoms with van der Waals surface area (Å²) in [5.74, 6) is -0.288. The maximum absolute atomic E-state index is 11.7. The Morgan fingerprint density at radius 2 is 1.77 bits per heavy atom. The summed E-state index contributed by atoms with van der Waals surface area (Å²) in [6.07, 6.45) is 0.725. The van der Waals surface area contributed by atoms with Gasteiger partial charge in [-0.05, 0) is 39.3 Å². The van der Waals surface area contributed by atoms with Crippen molar-refractivity contribution in [2.45, 2.75) is 39.2 Å². The van der Waals surface area contributed by atoms with E-state index in [1.807, 2.05) is 20.8 Å². The molecule has 1 aromatic rings. The van der Waals surface area contributed by atoms with Crippen LogP contribution in [0.1, 0.15) is 33.6 Å². The standard InChI is InChI=1S/C15H20Cl2N2O3/c1-15(2,3)22-12(20)8-5-9-18-14(21)19-13-10(16)6-4-7-11(13)17/h4,6-7H,5,8-9H2,1-3H3,(H2,18,19,21). The molecule has 22 heavy (non-hydrogen) atoms. The van der Waals surface area contributed by atoms with Crippen molar-refractivity contribution in [3.8, 4) is 0 Å². The Balaban J connectivity index is 2.31. The van der Waals surface area contributed by atoms with Gasteiger partial charge in [-0.25, -0.2) is 4.79 Å². The first-order chi connectivity index (χ1) is 10.2. The molecule has 0 saturated carbocycles. The molecule has 0 atom stereocenters. The smallest absolute Gasteiger partial charge is 0.319 e. The molecule has 0 fully saturated rings. The van der Waals surface area contributed by atoms with Crippen LogP contribution in [0.2, 0.25) is 10.0 Å². The van der Waals surface area contributed by atoms with Crippen LogP contribution >= 0.6 is 23.2 Å². The normalized spacial score (nSPS) is 11.0. The van der Waals surface area contributed by atoms with E-state index in [0.29, 0.717) is 28.7 Å². The van der Waals surface area contributed by atoms with Crippen molar-refractivity contribution >= 4 is 40.9 Å². The summed E-state index contributed by atoms with van der Waals surface area (Å²) in [6.45, 7) is 5.77. The minimum atomic E-state index is -0.497. The molecule has 0 aromatic heterocycles. The lowest BCUT2D eigenvalue weighted by atomic mass is 10.2. The molecule has 0 spiro atoms. The number of hydrogen-bond donors (Lipinski definition) is 2. The molecule has 0 unspecified atom stereocenters. The Morgan fingerprint density at radius 3 is 2.32 bits per heavy atom. The molecule has 0 radical (unpaired) electrons. The molecule has 0 aliphatic rings. The van der Waals surface area contributed by atoms with Crippen molar-refractivity contribution in [2.75, 3.05) is 11.9 Å². The van der Waals surface area contributed by atoms with Crippen molar-refractivity contribution in [1.82, 2.24) is 5.32 Å². The molecule has 1 aromatic carbocycles. The number of amides is 2. The number of para-hydroxylation sites is 1. The predicted molar refractivity (Wildman–Crippen MR) is 88.6 cm³/mol. The van der Waals surface area contributed by atoms with Gasteiger partial charge >= 0.3 is 12.0 Å². The van der Waals surface area contributed by atoms with Crippen molar-refractivity contribution in [3.63, 3.8) is 0 Å². The van der Waals surface area contributed by atoms with Crippen LogP contribution in [0.4, 0.5) is 10.5 Å². The Kier molecular flexibility index (Phi) is 6.97. The molecular weight excluding hydrogens is 327 g/mol. The highest BCUT2D eigenvalue weighted by Gasteiger charge is 2.15. The van der Waals surface area contributed by atoms with Crippen molar-refractivity contribution in [3.05, 3.63) is 28.2 Å². The molecule has 2 N–H and O–H groups in total. The Labute approximate surface area is 140 Å². The van der Waals surface area contributed by atoms with Crippen LogP contribution < -0.4 is 10.6 Å². The largest absolute Gasteiger partial charge is 0.460 e. The lowest BCUT2D eigenvalue weighted by molar-refractivity contribution is -0.154. The van der Waals surface area contributed by atoms with Gasteiger partial charge in [0.1, 0.15) is 5.60 Å². The van der Waals surface area contributed by atoms with Crippen LogP contribution in [0, 0.1) is 0 Å². The van der Waals surface area contributed by atoms with Crippen LogP contribution in [0.3, 0.4) is 0 Å². The third-order valence-corrected chi connectivity index (χ3v) is 3.09. The van der Waals surface area contributed by atoms with E-state index in [1.165, 1.54) is 0 Å². The summed E-state index contributed by atoms with van der Waals surface area (Å²) in [5.41, 5.74) is -0.140. The van der Waals surface area contributed by atoms with Gasteiger partial charge in [0.15, 0.2) is 0 Å². The minimum absolute atomic E-state index is 0.240. The highest BCUT2D eigenvalue weighted by molar-refractivity contribution is 6.39. The van der Waals surface area contributed by atoms with E-state index < -0.39 is 11.6 Å². The zero-order valence-electron chi connectivity index (χ0n) is 12.8. The average molecular weight is 347 g/mol. The molecule has 2 amide bonds. The van der Waals surface area contributed by atoms with Gasteiger partial charge in [0.2, 0.25) is 0 Å². The van der Waals surface area contributed by atoms with Gasteiger partial charge in [-0.2, -0.15) is 0 Å². The molecule has 0 bridgehead atoms. The summed E-state index contributed by atoms with van der Waals surface area (Å²) in [5, 5.41) is 5.92. The summed E-state index contributed by atoms with van der Waals surface area (Å²) in [7, 11) is 0. The van der Waals surface area contributed by atoms with Crippen molar-refractivity contribution < 1.29 is 14.3 Å². The summed E-state index contributed by atoms with van der Waals surface area (Å²) in [4.78, 5) is 23.2. The molecule has 0 heterocycles. The average Bonchev–Trinajstić information content (AvgIpc) is 2.37. The number of hydrogen-bond acceptors (Lipinski definition) is 3. The van der Waals surface area contributed by atoms with Crippen molar-refractivity contribution in [1.29, 1.82) is 0 Å². The van der Waals surface area contributed by atoms with Crippen LogP contribution in [0.25, 0.3) is 0 Å². The molecular formula is C15H20Cl2N2O3. The molecule has 122 valence electrons. The number of ether oxygens (including phenoxy) is 1. The second-order valence-corrected chi connectivity index (χ2v) is 6.48. The van der Waals surface area contributed by atoms with Crippen LogP contribution in [0.5, 0.6) is 0 Å². The molecule has 1 rings (SSSR count). The Bertz CT molecular complexity index is 522. The second-order valence-electron chi connectivity index (χ2n) is 5.67. The van der Waals surface area contributed by atoms with E-state index in [9.17, 15) is 9.59 Å². The minimum Gasteiger partial charge on any atom is -0.460 e. The fourth-order valence-corrected chi connectivity index (χ4v) is 2.09. The maximum atomic E-state index is 11.7. The first-order valence-electron chi connectivity index (χ1n) is 6.90. The fraction of sp³-hybridized carbons (Fsp3) is 0.467. The fourth-order valence-electron chi connectivity index (χ4n) is 1.60. The maximum Gasteiger partial charge on any atom is 0.319 e. The number of halogens is 2. The molecule has 0 aliphatic heterocycles. The van der Waals surface area contributed by atoms with Crippen LogP contribution in [-0.2, 0) is 9.53 Å². The van der Waals surface area contributed by atoms with E-state index in [4.69, 9.17) is 27.9 Å². The highest BCUT2D eigenvalue weighted by Crippen LogP contribution is 2.29. The number of anilines is 1. The summed E-state index contributed by atoms with van der Waals surface area (Å²) < 4.78 is 5.17. The number of rotatable bonds is 5. The first-order valence-corrected chi connectivity index (χ1v) is 7.65. The van der Waals surface area contributed by atoms with Gasteiger partial charge in [0.05, 0.1) is 15.7 Å². The predicted octanol–water partition coefficient (Wildman–Crippen LogP) is 4.24. The third kappa shape index (κ3) is 7.00. The van der Waals surface area contributed by atoms with Gasteiger partial charge in [0.25, 0.3) is 0 Å². The van der Waals surface area contributed by atoms with E-state index >= 15 is 0 Å². The Morgan fingerprint density at radius 1 is 1.18 bits per heavy atom. The van der Waals surface area contributed by atoms with Gasteiger partial charge in [-0.1, -0.05) is 29.3 Å². The number of nitrogens with one attached hydrogen (secondary N) is 2. The van der Waals surface area contributed by atoms with Gasteiger partial charge in [0, 0.05) is 13.0 Å². The number of carbonyl (C=O) groups excluding carboxylic acids is 2. The molecule has 7 heteroatoms. The van der Waals surface area contributed by atoms with Crippen molar-refractivity contribution in [2.24, 2.45) is 0 Å². The van der Waals surface area contributed by atoms with E-state index in [0.717, 1.165) is 0 Å². The van der Waals surface area contributed by atoms with Gasteiger partial charge < -0.3 is 15.4 Å². The number of urea groups is 1. The van der Waals surface area contributed by atoms with Crippen LogP contribution in [0.15, 0.2) is 18.2 Å². The summed E-state index contributed by atoms with van der Waals surface area (Å²) in [6, 6.07) is 4.52. The zero-order chi connectivity index (χ0) is 16.8. The van der Waals surface area contributed by atoms with E-state index in [-0.39, 0.29) is 12.4 Å². The SMILES string of the molecule is CC(C)(C)OC(=O)CCCNC(=O)Nc1c(Cl)cccc1Cl. The second kappa shape index (κ2) is 8.25. The lowest BCUT2D eigenvalue weighted by Crippen LogP contribution is -2.30. The number of benzene rings is 1. The monoisotopic (exact) mass is 346 g/mol. The zero-order valence-corrected chi connectivity index (χ0v) is 14.3. The third-order valence-electron chi connectivity index (χ3n) is 2.46. The topological polar surface area (TPSA) is 67.4 Å². The van der Waals surface area contributed by atoms with Crippen LogP contribution in [-0.4, -0.2) is 24.1 Å². The van der Waals surface area contributed by atoms with E-state index in [2.05, 4.69) is 10.6 Å². The van der Waals surface area contributed by atoms with Gasteiger partial charge in [-0.15, -0.1) is 0 Å². The highest BCUT2D eigenvalue weighted by atomic mass is 35.5. The van der Waals surface area contributed by atoms with Gasteiger partial charge in [-0.3, -0.25) is 4.79 Å². The quantitative estimate of drug-likeness (QED) is 0.618.